The van der Waals surface area contributed by atoms with Gasteiger partial charge in [-0.3, -0.25) is 9.69 Å². The Morgan fingerprint density at radius 3 is 2.57 bits per heavy atom. The van der Waals surface area contributed by atoms with Gasteiger partial charge in [-0.1, -0.05) is 6.92 Å². The van der Waals surface area contributed by atoms with E-state index in [1.165, 1.54) is 0 Å². The van der Waals surface area contributed by atoms with Crippen LogP contribution in [0, 0.1) is 0 Å². The van der Waals surface area contributed by atoms with E-state index in [0.29, 0.717) is 19.8 Å². The third-order valence-electron chi connectivity index (χ3n) is 3.24. The highest BCUT2D eigenvalue weighted by molar-refractivity contribution is 7.98. The van der Waals surface area contributed by atoms with Crippen LogP contribution >= 0.6 is 11.8 Å². The molecule has 0 atom stereocenters. The predicted octanol–water partition coefficient (Wildman–Crippen LogP) is 2.48. The standard InChI is InChI=1S/C15H21NO4S/c1-3-4-16(10-15(17)18)9-11-7-12-13(8-14(11)21-2)20-6-5-19-12/h7-8H,3-6,9-10H2,1-2H3,(H,17,18). The van der Waals surface area contributed by atoms with Gasteiger partial charge >= 0.3 is 5.97 Å². The fourth-order valence-corrected chi connectivity index (χ4v) is 3.00. The van der Waals surface area contributed by atoms with Gasteiger partial charge in [0.05, 0.1) is 6.54 Å². The van der Waals surface area contributed by atoms with Crippen molar-refractivity contribution in [3.8, 4) is 11.5 Å². The Morgan fingerprint density at radius 2 is 2.00 bits per heavy atom. The molecule has 0 bridgehead atoms. The highest BCUT2D eigenvalue weighted by Gasteiger charge is 2.18. The van der Waals surface area contributed by atoms with Gasteiger partial charge in [0.2, 0.25) is 0 Å². The largest absolute Gasteiger partial charge is 0.486 e. The summed E-state index contributed by atoms with van der Waals surface area (Å²) in [6, 6.07) is 3.96. The van der Waals surface area contributed by atoms with E-state index in [-0.39, 0.29) is 6.54 Å². The Kier molecular flexibility index (Phi) is 5.76. The van der Waals surface area contributed by atoms with Crippen molar-refractivity contribution < 1.29 is 19.4 Å². The summed E-state index contributed by atoms with van der Waals surface area (Å²) < 4.78 is 11.2. The van der Waals surface area contributed by atoms with Crippen LogP contribution in [0.5, 0.6) is 11.5 Å². The third-order valence-corrected chi connectivity index (χ3v) is 4.06. The molecule has 0 saturated carbocycles. The SMILES string of the molecule is CCCN(CC(=O)O)Cc1cc2c(cc1SC)OCCO2. The van der Waals surface area contributed by atoms with Gasteiger partial charge in [-0.15, -0.1) is 11.8 Å². The fraction of sp³-hybridized carbons (Fsp3) is 0.533. The zero-order valence-corrected chi connectivity index (χ0v) is 13.2. The minimum Gasteiger partial charge on any atom is -0.486 e. The molecule has 0 amide bonds. The normalized spacial score (nSPS) is 13.5. The van der Waals surface area contributed by atoms with Crippen molar-refractivity contribution in [1.29, 1.82) is 0 Å². The van der Waals surface area contributed by atoms with Gasteiger partial charge in [-0.2, -0.15) is 0 Å². The van der Waals surface area contributed by atoms with Gasteiger partial charge in [0.15, 0.2) is 11.5 Å². The van der Waals surface area contributed by atoms with E-state index >= 15 is 0 Å². The van der Waals surface area contributed by atoms with Crippen molar-refractivity contribution in [2.45, 2.75) is 24.8 Å². The number of hydrogen-bond donors (Lipinski definition) is 1. The molecule has 5 nitrogen and oxygen atoms in total. The molecule has 21 heavy (non-hydrogen) atoms. The molecule has 0 aliphatic carbocycles. The lowest BCUT2D eigenvalue weighted by Gasteiger charge is -2.24. The first-order chi connectivity index (χ1) is 10.1. The van der Waals surface area contributed by atoms with Crippen molar-refractivity contribution in [1.82, 2.24) is 4.90 Å². The number of carboxylic acid groups (broad SMARTS) is 1. The molecule has 0 fully saturated rings. The zero-order chi connectivity index (χ0) is 15.2. The van der Waals surface area contributed by atoms with E-state index < -0.39 is 5.97 Å². The molecular weight excluding hydrogens is 290 g/mol. The number of rotatable bonds is 7. The summed E-state index contributed by atoms with van der Waals surface area (Å²) in [5.41, 5.74) is 1.08. The molecule has 0 spiro atoms. The quantitative estimate of drug-likeness (QED) is 0.781. The highest BCUT2D eigenvalue weighted by atomic mass is 32.2. The smallest absolute Gasteiger partial charge is 0.317 e. The first-order valence-corrected chi connectivity index (χ1v) is 8.27. The Balaban J connectivity index is 2.22. The Labute approximate surface area is 129 Å². The molecule has 1 aliphatic heterocycles. The van der Waals surface area contributed by atoms with Crippen LogP contribution in [0.2, 0.25) is 0 Å². The van der Waals surface area contributed by atoms with Crippen molar-refractivity contribution in [3.63, 3.8) is 0 Å². The predicted molar refractivity (Wildman–Crippen MR) is 82.4 cm³/mol. The second-order valence-corrected chi connectivity index (χ2v) is 5.76. The number of thioether (sulfide) groups is 1. The van der Waals surface area contributed by atoms with Gasteiger partial charge < -0.3 is 14.6 Å². The molecule has 1 aromatic rings. The molecule has 0 saturated heterocycles. The van der Waals surface area contributed by atoms with Gasteiger partial charge in [-0.05, 0) is 36.9 Å². The van der Waals surface area contributed by atoms with E-state index in [1.807, 2.05) is 30.2 Å². The lowest BCUT2D eigenvalue weighted by atomic mass is 10.1. The van der Waals surface area contributed by atoms with Gasteiger partial charge in [0.1, 0.15) is 13.2 Å². The van der Waals surface area contributed by atoms with Gasteiger partial charge in [0.25, 0.3) is 0 Å². The number of carboxylic acids is 1. The van der Waals surface area contributed by atoms with E-state index in [1.54, 1.807) is 11.8 Å². The zero-order valence-electron chi connectivity index (χ0n) is 12.4. The number of aliphatic carboxylic acids is 1. The summed E-state index contributed by atoms with van der Waals surface area (Å²) in [6.45, 7) is 4.59. The maximum Gasteiger partial charge on any atom is 0.317 e. The van der Waals surface area contributed by atoms with E-state index in [2.05, 4.69) is 0 Å². The highest BCUT2D eigenvalue weighted by Crippen LogP contribution is 2.37. The Morgan fingerprint density at radius 1 is 1.33 bits per heavy atom. The second-order valence-electron chi connectivity index (χ2n) is 4.91. The van der Waals surface area contributed by atoms with Crippen molar-refractivity contribution in [2.75, 3.05) is 32.6 Å². The van der Waals surface area contributed by atoms with Crippen LogP contribution in [0.1, 0.15) is 18.9 Å². The van der Waals surface area contributed by atoms with Crippen molar-refractivity contribution in [2.24, 2.45) is 0 Å². The molecule has 1 aromatic carbocycles. The van der Waals surface area contributed by atoms with Crippen LogP contribution < -0.4 is 9.47 Å². The molecular formula is C15H21NO4S. The number of fused-ring (bicyclic) bond motifs is 1. The lowest BCUT2D eigenvalue weighted by molar-refractivity contribution is -0.138. The minimum absolute atomic E-state index is 0.0517. The topological polar surface area (TPSA) is 59.0 Å². The summed E-state index contributed by atoms with van der Waals surface area (Å²) in [6.07, 6.45) is 2.93. The lowest BCUT2D eigenvalue weighted by Crippen LogP contribution is -2.30. The number of benzene rings is 1. The second kappa shape index (κ2) is 7.56. The maximum absolute atomic E-state index is 11.0. The number of ether oxygens (including phenoxy) is 2. The van der Waals surface area contributed by atoms with Crippen LogP contribution in [0.3, 0.4) is 0 Å². The van der Waals surface area contributed by atoms with Crippen LogP contribution in [-0.4, -0.2) is 48.5 Å². The molecule has 1 aliphatic rings. The molecule has 1 N–H and O–H groups in total. The number of carbonyl (C=O) groups is 1. The van der Waals surface area contributed by atoms with Gasteiger partial charge in [0, 0.05) is 11.4 Å². The Bertz CT molecular complexity index is 507. The first-order valence-electron chi connectivity index (χ1n) is 7.04. The molecule has 1 heterocycles. The van der Waals surface area contributed by atoms with Crippen LogP contribution in [-0.2, 0) is 11.3 Å². The van der Waals surface area contributed by atoms with E-state index in [0.717, 1.165) is 34.9 Å². The minimum atomic E-state index is -0.799. The van der Waals surface area contributed by atoms with E-state index in [9.17, 15) is 4.79 Å². The monoisotopic (exact) mass is 311 g/mol. The maximum atomic E-state index is 11.0. The number of hydrogen-bond acceptors (Lipinski definition) is 5. The molecule has 0 aromatic heterocycles. The summed E-state index contributed by atoms with van der Waals surface area (Å²) in [5, 5.41) is 9.02. The molecule has 6 heteroatoms. The van der Waals surface area contributed by atoms with E-state index in [4.69, 9.17) is 14.6 Å². The van der Waals surface area contributed by atoms with Crippen LogP contribution in [0.4, 0.5) is 0 Å². The van der Waals surface area contributed by atoms with Crippen LogP contribution in [0.25, 0.3) is 0 Å². The summed E-state index contributed by atoms with van der Waals surface area (Å²) in [5.74, 6) is 0.724. The summed E-state index contributed by atoms with van der Waals surface area (Å²) >= 11 is 1.64. The average molecular weight is 311 g/mol. The Hall–Kier alpha value is -1.40. The molecule has 0 unspecified atom stereocenters. The first kappa shape index (κ1) is 16.0. The molecule has 0 radical (unpaired) electrons. The van der Waals surface area contributed by atoms with Gasteiger partial charge in [-0.25, -0.2) is 0 Å². The van der Waals surface area contributed by atoms with Crippen molar-refractivity contribution >= 4 is 17.7 Å². The molecule has 2 rings (SSSR count). The third kappa shape index (κ3) is 4.28. The molecule has 116 valence electrons. The average Bonchev–Trinajstić information content (AvgIpc) is 2.46. The fourth-order valence-electron chi connectivity index (χ4n) is 2.39. The van der Waals surface area contributed by atoms with Crippen molar-refractivity contribution in [3.05, 3.63) is 17.7 Å². The van der Waals surface area contributed by atoms with Crippen LogP contribution in [0.15, 0.2) is 17.0 Å². The summed E-state index contributed by atoms with van der Waals surface area (Å²) in [7, 11) is 0. The number of nitrogens with zero attached hydrogens (tertiary/aromatic N) is 1. The summed E-state index contributed by atoms with van der Waals surface area (Å²) in [4.78, 5) is 14.0.